The van der Waals surface area contributed by atoms with E-state index in [9.17, 15) is 10.2 Å². The molecule has 106 valence electrons. The largest absolute Gasteiger partial charge is 0.390 e. The van der Waals surface area contributed by atoms with Crippen molar-refractivity contribution >= 4 is 0 Å². The minimum absolute atomic E-state index is 0.115. The van der Waals surface area contributed by atoms with Gasteiger partial charge in [-0.05, 0) is 37.0 Å². The van der Waals surface area contributed by atoms with Crippen LogP contribution in [-0.2, 0) is 0 Å². The lowest BCUT2D eigenvalue weighted by molar-refractivity contribution is -0.163. The molecule has 18 heavy (non-hydrogen) atoms. The second-order valence-electron chi connectivity index (χ2n) is 7.43. The van der Waals surface area contributed by atoms with Gasteiger partial charge < -0.3 is 10.2 Å². The van der Waals surface area contributed by atoms with E-state index in [0.29, 0.717) is 5.92 Å². The third kappa shape index (κ3) is 1.68. The van der Waals surface area contributed by atoms with E-state index in [1.165, 1.54) is 6.42 Å². The molecular formula is C16H30O2. The van der Waals surface area contributed by atoms with Crippen LogP contribution >= 0.6 is 0 Å². The maximum atomic E-state index is 11.1. The first-order valence-electron chi connectivity index (χ1n) is 7.70. The summed E-state index contributed by atoms with van der Waals surface area (Å²) in [6.07, 6.45) is 6.62. The maximum absolute atomic E-state index is 11.1. The summed E-state index contributed by atoms with van der Waals surface area (Å²) >= 11 is 0. The monoisotopic (exact) mass is 254 g/mol. The smallest absolute Gasteiger partial charge is 0.0966 e. The first-order valence-corrected chi connectivity index (χ1v) is 7.70. The quantitative estimate of drug-likeness (QED) is 0.737. The summed E-state index contributed by atoms with van der Waals surface area (Å²) in [6, 6.07) is 0. The minimum Gasteiger partial charge on any atom is -0.390 e. The number of hydrogen-bond donors (Lipinski definition) is 2. The zero-order valence-electron chi connectivity index (χ0n) is 12.5. The number of rotatable bonds is 5. The molecule has 2 bridgehead atoms. The zero-order valence-corrected chi connectivity index (χ0v) is 12.5. The van der Waals surface area contributed by atoms with Crippen LogP contribution in [0.1, 0.15) is 72.6 Å². The summed E-state index contributed by atoms with van der Waals surface area (Å²) < 4.78 is 0. The summed E-state index contributed by atoms with van der Waals surface area (Å²) in [7, 11) is 0. The fourth-order valence-corrected chi connectivity index (χ4v) is 4.66. The van der Waals surface area contributed by atoms with Gasteiger partial charge >= 0.3 is 0 Å². The van der Waals surface area contributed by atoms with Crippen molar-refractivity contribution in [2.24, 2.45) is 16.7 Å². The lowest BCUT2D eigenvalue weighted by Gasteiger charge is -2.47. The first-order chi connectivity index (χ1) is 8.29. The molecule has 2 heteroatoms. The molecule has 0 aromatic carbocycles. The highest BCUT2D eigenvalue weighted by Crippen LogP contribution is 2.70. The van der Waals surface area contributed by atoms with Gasteiger partial charge in [0.25, 0.3) is 0 Å². The molecule has 0 radical (unpaired) electrons. The second kappa shape index (κ2) is 4.49. The lowest BCUT2D eigenvalue weighted by Crippen LogP contribution is -2.55. The molecule has 4 atom stereocenters. The van der Waals surface area contributed by atoms with Crippen LogP contribution < -0.4 is 0 Å². The molecule has 0 spiro atoms. The Labute approximate surface area is 112 Å². The first kappa shape index (κ1) is 14.3. The Morgan fingerprint density at radius 3 is 2.33 bits per heavy atom. The summed E-state index contributed by atoms with van der Waals surface area (Å²) in [5, 5.41) is 21.6. The van der Waals surface area contributed by atoms with Crippen molar-refractivity contribution in [3.05, 3.63) is 0 Å². The van der Waals surface area contributed by atoms with Gasteiger partial charge in [0.1, 0.15) is 0 Å². The van der Waals surface area contributed by atoms with E-state index in [2.05, 4.69) is 27.7 Å². The average molecular weight is 254 g/mol. The normalized spacial score (nSPS) is 43.3. The standard InChI is InChI=1S/C16H30O2/c1-5-6-7-8-13(17)16(18)11-12-9-10-15(16,4)14(12,2)3/h12-13,17-18H,5-11H2,1-4H3. The van der Waals surface area contributed by atoms with Gasteiger partial charge in [0.05, 0.1) is 11.7 Å². The number of hydrogen-bond acceptors (Lipinski definition) is 2. The third-order valence-corrected chi connectivity index (χ3v) is 6.58. The van der Waals surface area contributed by atoms with Crippen LogP contribution in [0.2, 0.25) is 0 Å². The van der Waals surface area contributed by atoms with Gasteiger partial charge in [-0.3, -0.25) is 0 Å². The number of unbranched alkanes of at least 4 members (excludes halogenated alkanes) is 2. The van der Waals surface area contributed by atoms with E-state index in [0.717, 1.165) is 38.5 Å². The van der Waals surface area contributed by atoms with Crippen LogP contribution in [0.25, 0.3) is 0 Å². The highest BCUT2D eigenvalue weighted by atomic mass is 16.3. The molecule has 2 rings (SSSR count). The van der Waals surface area contributed by atoms with Crippen molar-refractivity contribution in [3.63, 3.8) is 0 Å². The summed E-state index contributed by atoms with van der Waals surface area (Å²) in [4.78, 5) is 0. The van der Waals surface area contributed by atoms with Gasteiger partial charge in [0.15, 0.2) is 0 Å². The topological polar surface area (TPSA) is 40.5 Å². The molecule has 0 amide bonds. The summed E-state index contributed by atoms with van der Waals surface area (Å²) in [5.41, 5.74) is -0.809. The van der Waals surface area contributed by atoms with Crippen LogP contribution in [0.15, 0.2) is 0 Å². The van der Waals surface area contributed by atoms with Crippen LogP contribution in [0, 0.1) is 16.7 Å². The number of aliphatic hydroxyl groups is 2. The van der Waals surface area contributed by atoms with Gasteiger partial charge in [-0.15, -0.1) is 0 Å². The van der Waals surface area contributed by atoms with Gasteiger partial charge in [-0.25, -0.2) is 0 Å². The molecule has 2 N–H and O–H groups in total. The molecular weight excluding hydrogens is 224 g/mol. The third-order valence-electron chi connectivity index (χ3n) is 6.58. The van der Waals surface area contributed by atoms with E-state index >= 15 is 0 Å². The molecule has 0 aliphatic heterocycles. The van der Waals surface area contributed by atoms with E-state index in [-0.39, 0.29) is 10.8 Å². The molecule has 2 saturated carbocycles. The Morgan fingerprint density at radius 2 is 1.89 bits per heavy atom. The Bertz CT molecular complexity index is 312. The van der Waals surface area contributed by atoms with Gasteiger partial charge in [0.2, 0.25) is 0 Å². The van der Waals surface area contributed by atoms with Gasteiger partial charge in [-0.2, -0.15) is 0 Å². The van der Waals surface area contributed by atoms with Gasteiger partial charge in [0, 0.05) is 5.41 Å². The van der Waals surface area contributed by atoms with Crippen molar-refractivity contribution < 1.29 is 10.2 Å². The number of aliphatic hydroxyl groups excluding tert-OH is 1. The summed E-state index contributed by atoms with van der Waals surface area (Å²) in [6.45, 7) is 8.93. The van der Waals surface area contributed by atoms with E-state index in [4.69, 9.17) is 0 Å². The second-order valence-corrected chi connectivity index (χ2v) is 7.43. The fourth-order valence-electron chi connectivity index (χ4n) is 4.66. The highest BCUT2D eigenvalue weighted by Gasteiger charge is 2.70. The predicted octanol–water partition coefficient (Wildman–Crippen LogP) is 3.50. The Kier molecular flexibility index (Phi) is 3.57. The maximum Gasteiger partial charge on any atom is 0.0966 e. The van der Waals surface area contributed by atoms with Crippen molar-refractivity contribution in [3.8, 4) is 0 Å². The van der Waals surface area contributed by atoms with Crippen LogP contribution in [0.5, 0.6) is 0 Å². The lowest BCUT2D eigenvalue weighted by atomic mass is 9.62. The molecule has 2 aliphatic carbocycles. The fraction of sp³-hybridized carbons (Fsp3) is 1.00. The predicted molar refractivity (Wildman–Crippen MR) is 74.3 cm³/mol. The van der Waals surface area contributed by atoms with Crippen molar-refractivity contribution in [2.45, 2.75) is 84.3 Å². The van der Waals surface area contributed by atoms with Crippen molar-refractivity contribution in [1.82, 2.24) is 0 Å². The van der Waals surface area contributed by atoms with E-state index in [1.807, 2.05) is 0 Å². The Hall–Kier alpha value is -0.0800. The highest BCUT2D eigenvalue weighted by molar-refractivity contribution is 5.19. The average Bonchev–Trinajstić information content (AvgIpc) is 2.61. The minimum atomic E-state index is -0.854. The number of fused-ring (bicyclic) bond motifs is 2. The molecule has 0 aromatic rings. The Morgan fingerprint density at radius 1 is 1.22 bits per heavy atom. The van der Waals surface area contributed by atoms with Crippen LogP contribution in [0.3, 0.4) is 0 Å². The molecule has 0 aromatic heterocycles. The SMILES string of the molecule is CCCCCC(O)C1(O)CC2CCC1(C)C2(C)C. The van der Waals surface area contributed by atoms with E-state index < -0.39 is 11.7 Å². The summed E-state index contributed by atoms with van der Waals surface area (Å²) in [5.74, 6) is 0.577. The molecule has 0 saturated heterocycles. The molecule has 4 unspecified atom stereocenters. The Balaban J connectivity index is 2.13. The van der Waals surface area contributed by atoms with Crippen molar-refractivity contribution in [2.75, 3.05) is 0 Å². The molecule has 2 fully saturated rings. The molecule has 0 heterocycles. The zero-order chi connectivity index (χ0) is 13.6. The van der Waals surface area contributed by atoms with Crippen molar-refractivity contribution in [1.29, 1.82) is 0 Å². The molecule has 2 aliphatic rings. The van der Waals surface area contributed by atoms with Gasteiger partial charge in [-0.1, -0.05) is 47.0 Å². The van der Waals surface area contributed by atoms with Crippen LogP contribution in [0.4, 0.5) is 0 Å². The molecule has 2 nitrogen and oxygen atoms in total. The van der Waals surface area contributed by atoms with E-state index in [1.54, 1.807) is 0 Å². The van der Waals surface area contributed by atoms with Crippen LogP contribution in [-0.4, -0.2) is 21.9 Å².